The predicted molar refractivity (Wildman–Crippen MR) is 67.6 cm³/mol. The fourth-order valence-electron chi connectivity index (χ4n) is 1.48. The zero-order valence-electron chi connectivity index (χ0n) is 9.57. The Kier molecular flexibility index (Phi) is 3.49. The number of benzene rings is 1. The number of nitrogens with one attached hydrogen (secondary N) is 2. The summed E-state index contributed by atoms with van der Waals surface area (Å²) in [6.07, 6.45) is 4.23. The molecule has 0 atom stereocenters. The summed E-state index contributed by atoms with van der Waals surface area (Å²) in [4.78, 5) is 20.6. The van der Waals surface area contributed by atoms with Gasteiger partial charge < -0.3 is 10.1 Å². The van der Waals surface area contributed by atoms with Gasteiger partial charge in [0.25, 0.3) is 0 Å². The Morgan fingerprint density at radius 2 is 2.21 bits per heavy atom. The molecule has 2 N–H and O–H groups in total. The Balaban J connectivity index is 2.25. The number of aromatic nitrogens is 2. The Morgan fingerprint density at radius 1 is 1.47 bits per heavy atom. The van der Waals surface area contributed by atoms with E-state index < -0.39 is 4.92 Å². The topological polar surface area (TPSA) is 120 Å². The standard InChI is InChI=1S/C11H8N6O2/c12-5-13-6-14-9-3-1-8(2-4-9)10-11(17(18)19)16-7-15-10/h1-4,6-7H,(H,13,14)(H,15,16). The van der Waals surface area contributed by atoms with E-state index in [2.05, 4.69) is 20.3 Å². The van der Waals surface area contributed by atoms with E-state index in [1.807, 2.05) is 0 Å². The molecule has 2 rings (SSSR count). The molecule has 0 saturated carbocycles. The SMILES string of the molecule is N#CNC=Nc1ccc(-c2nc[nH]c2[N+](=O)[O-])cc1. The molecule has 0 bridgehead atoms. The van der Waals surface area contributed by atoms with Gasteiger partial charge >= 0.3 is 5.82 Å². The van der Waals surface area contributed by atoms with Crippen molar-refractivity contribution in [3.63, 3.8) is 0 Å². The highest BCUT2D eigenvalue weighted by Crippen LogP contribution is 2.27. The molecule has 8 nitrogen and oxygen atoms in total. The Hall–Kier alpha value is -3.21. The third kappa shape index (κ3) is 2.73. The third-order valence-electron chi connectivity index (χ3n) is 2.29. The molecule has 0 unspecified atom stereocenters. The summed E-state index contributed by atoms with van der Waals surface area (Å²) in [6.45, 7) is 0. The van der Waals surface area contributed by atoms with Crippen LogP contribution in [0.15, 0.2) is 35.6 Å². The first kappa shape index (κ1) is 12.3. The normalized spacial score (nSPS) is 10.3. The van der Waals surface area contributed by atoms with Crippen LogP contribution in [0.1, 0.15) is 0 Å². The number of nitriles is 1. The summed E-state index contributed by atoms with van der Waals surface area (Å²) in [5.41, 5.74) is 1.50. The first-order chi connectivity index (χ1) is 9.22. The van der Waals surface area contributed by atoms with E-state index in [0.717, 1.165) is 0 Å². The van der Waals surface area contributed by atoms with Gasteiger partial charge in [-0.25, -0.2) is 15.0 Å². The highest BCUT2D eigenvalue weighted by Gasteiger charge is 2.16. The number of H-pyrrole nitrogens is 1. The molecule has 94 valence electrons. The number of nitro groups is 1. The van der Waals surface area contributed by atoms with Gasteiger partial charge in [0.05, 0.1) is 5.69 Å². The maximum Gasteiger partial charge on any atom is 0.348 e. The number of hydrogen-bond acceptors (Lipinski definition) is 5. The second-order valence-corrected chi connectivity index (χ2v) is 3.42. The van der Waals surface area contributed by atoms with E-state index >= 15 is 0 Å². The predicted octanol–water partition coefficient (Wildman–Crippen LogP) is 1.72. The molecule has 8 heteroatoms. The highest BCUT2D eigenvalue weighted by atomic mass is 16.6. The van der Waals surface area contributed by atoms with Crippen molar-refractivity contribution in [2.45, 2.75) is 0 Å². The molecule has 0 radical (unpaired) electrons. The van der Waals surface area contributed by atoms with E-state index in [4.69, 9.17) is 5.26 Å². The number of hydrogen-bond donors (Lipinski definition) is 2. The van der Waals surface area contributed by atoms with Crippen LogP contribution in [-0.4, -0.2) is 21.2 Å². The number of aliphatic imine (C=N–C) groups is 1. The lowest BCUT2D eigenvalue weighted by Crippen LogP contribution is -1.98. The van der Waals surface area contributed by atoms with Crippen molar-refractivity contribution in [2.24, 2.45) is 4.99 Å². The fraction of sp³-hybridized carbons (Fsp3) is 0. The average molecular weight is 256 g/mol. The molecule has 0 saturated heterocycles. The number of aromatic amines is 1. The van der Waals surface area contributed by atoms with Gasteiger partial charge in [0.2, 0.25) is 0 Å². The van der Waals surface area contributed by atoms with Gasteiger partial charge in [-0.3, -0.25) is 5.32 Å². The minimum Gasteiger partial charge on any atom is -0.358 e. The van der Waals surface area contributed by atoms with Crippen molar-refractivity contribution < 1.29 is 4.92 Å². The van der Waals surface area contributed by atoms with Crippen LogP contribution in [0.3, 0.4) is 0 Å². The monoisotopic (exact) mass is 256 g/mol. The van der Waals surface area contributed by atoms with E-state index in [-0.39, 0.29) is 11.5 Å². The third-order valence-corrected chi connectivity index (χ3v) is 2.29. The molecule has 0 fully saturated rings. The lowest BCUT2D eigenvalue weighted by Gasteiger charge is -1.99. The average Bonchev–Trinajstić information content (AvgIpc) is 2.89. The Bertz CT molecular complexity index is 653. The quantitative estimate of drug-likeness (QED) is 0.215. The van der Waals surface area contributed by atoms with Crippen LogP contribution in [0.5, 0.6) is 0 Å². The molecule has 1 aromatic carbocycles. The van der Waals surface area contributed by atoms with Crippen LogP contribution in [0.4, 0.5) is 11.5 Å². The molecular formula is C11H8N6O2. The summed E-state index contributed by atoms with van der Waals surface area (Å²) >= 11 is 0. The summed E-state index contributed by atoms with van der Waals surface area (Å²) in [7, 11) is 0. The summed E-state index contributed by atoms with van der Waals surface area (Å²) in [5, 5.41) is 21.3. The molecule has 0 amide bonds. The molecule has 1 heterocycles. The fourth-order valence-corrected chi connectivity index (χ4v) is 1.48. The molecule has 0 spiro atoms. The Morgan fingerprint density at radius 3 is 2.84 bits per heavy atom. The largest absolute Gasteiger partial charge is 0.358 e. The van der Waals surface area contributed by atoms with Crippen molar-refractivity contribution >= 4 is 17.8 Å². The number of nitrogens with zero attached hydrogens (tertiary/aromatic N) is 4. The van der Waals surface area contributed by atoms with Crippen molar-refractivity contribution in [1.29, 1.82) is 5.26 Å². The van der Waals surface area contributed by atoms with E-state index in [9.17, 15) is 10.1 Å². The van der Waals surface area contributed by atoms with Crippen LogP contribution in [-0.2, 0) is 0 Å². The zero-order chi connectivity index (χ0) is 13.7. The van der Waals surface area contributed by atoms with Gasteiger partial charge in [0.1, 0.15) is 6.34 Å². The van der Waals surface area contributed by atoms with E-state index in [1.54, 1.807) is 30.5 Å². The van der Waals surface area contributed by atoms with Crippen molar-refractivity contribution in [3.05, 3.63) is 40.7 Å². The smallest absolute Gasteiger partial charge is 0.348 e. The molecule has 0 aliphatic carbocycles. The van der Waals surface area contributed by atoms with Crippen molar-refractivity contribution in [1.82, 2.24) is 15.3 Å². The van der Waals surface area contributed by atoms with Gasteiger partial charge in [0, 0.05) is 5.56 Å². The highest BCUT2D eigenvalue weighted by molar-refractivity contribution is 5.70. The molecular weight excluding hydrogens is 248 g/mol. The molecule has 0 aliphatic heterocycles. The van der Waals surface area contributed by atoms with E-state index in [1.165, 1.54) is 12.7 Å². The minimum absolute atomic E-state index is 0.151. The summed E-state index contributed by atoms with van der Waals surface area (Å²) in [5.74, 6) is -0.151. The van der Waals surface area contributed by atoms with Crippen molar-refractivity contribution in [2.75, 3.05) is 0 Å². The lowest BCUT2D eigenvalue weighted by atomic mass is 10.1. The second-order valence-electron chi connectivity index (χ2n) is 3.42. The maximum atomic E-state index is 10.8. The molecule has 2 aromatic rings. The van der Waals surface area contributed by atoms with Crippen LogP contribution in [0.25, 0.3) is 11.3 Å². The summed E-state index contributed by atoms with van der Waals surface area (Å²) in [6, 6.07) is 6.68. The molecule has 1 aromatic heterocycles. The lowest BCUT2D eigenvalue weighted by molar-refractivity contribution is -0.388. The summed E-state index contributed by atoms with van der Waals surface area (Å²) < 4.78 is 0. The van der Waals surface area contributed by atoms with Crippen LogP contribution in [0, 0.1) is 21.6 Å². The van der Waals surface area contributed by atoms with Crippen molar-refractivity contribution in [3.8, 4) is 17.5 Å². The maximum absolute atomic E-state index is 10.8. The van der Waals surface area contributed by atoms with Gasteiger partial charge in [-0.1, -0.05) is 12.1 Å². The molecule has 19 heavy (non-hydrogen) atoms. The van der Waals surface area contributed by atoms with Gasteiger partial charge in [0.15, 0.2) is 18.2 Å². The first-order valence-corrected chi connectivity index (χ1v) is 5.17. The van der Waals surface area contributed by atoms with Gasteiger partial charge in [-0.05, 0) is 17.1 Å². The number of imidazole rings is 1. The van der Waals surface area contributed by atoms with Gasteiger partial charge in [-0.15, -0.1) is 0 Å². The zero-order valence-corrected chi connectivity index (χ0v) is 9.57. The van der Waals surface area contributed by atoms with Crippen LogP contribution in [0.2, 0.25) is 0 Å². The van der Waals surface area contributed by atoms with E-state index in [0.29, 0.717) is 11.3 Å². The van der Waals surface area contributed by atoms with Crippen LogP contribution < -0.4 is 5.32 Å². The van der Waals surface area contributed by atoms with Crippen LogP contribution >= 0.6 is 0 Å². The Labute approximate surface area is 107 Å². The first-order valence-electron chi connectivity index (χ1n) is 5.17. The van der Waals surface area contributed by atoms with Gasteiger partial charge in [-0.2, -0.15) is 5.26 Å². The number of rotatable bonds is 4. The minimum atomic E-state index is -0.523. The second kappa shape index (κ2) is 5.42. The molecule has 0 aliphatic rings.